The molecule has 1 aromatic heterocycles. The normalized spacial score (nSPS) is 10.0. The molecule has 0 radical (unpaired) electrons. The van der Waals surface area contributed by atoms with Gasteiger partial charge in [0.15, 0.2) is 5.82 Å². The van der Waals surface area contributed by atoms with Gasteiger partial charge in [-0.05, 0) is 0 Å². The number of anilines is 1. The zero-order chi connectivity index (χ0) is 12.3. The van der Waals surface area contributed by atoms with Gasteiger partial charge in [0.2, 0.25) is 5.91 Å². The Bertz CT molecular complexity index is 410. The third-order valence-electron chi connectivity index (χ3n) is 1.88. The van der Waals surface area contributed by atoms with E-state index in [1.54, 1.807) is 14.1 Å². The summed E-state index contributed by atoms with van der Waals surface area (Å²) in [6.45, 7) is 1.57. The van der Waals surface area contributed by atoms with E-state index >= 15 is 0 Å². The Morgan fingerprint density at radius 2 is 2.19 bits per heavy atom. The van der Waals surface area contributed by atoms with Gasteiger partial charge >= 0.3 is 6.03 Å². The fourth-order valence-electron chi connectivity index (χ4n) is 1.13. The summed E-state index contributed by atoms with van der Waals surface area (Å²) in [5.74, 6) is 0.0717. The van der Waals surface area contributed by atoms with E-state index in [9.17, 15) is 9.59 Å². The lowest BCUT2D eigenvalue weighted by Gasteiger charge is -2.08. The van der Waals surface area contributed by atoms with E-state index in [2.05, 4.69) is 10.4 Å². The molecule has 16 heavy (non-hydrogen) atoms. The predicted octanol–water partition coefficient (Wildman–Crippen LogP) is -0.170. The minimum absolute atomic E-state index is 0.205. The first-order valence-corrected chi connectivity index (χ1v) is 4.73. The Hall–Kier alpha value is -1.89. The Morgan fingerprint density at radius 1 is 1.56 bits per heavy atom. The van der Waals surface area contributed by atoms with Crippen molar-refractivity contribution in [2.75, 3.05) is 19.4 Å². The first-order valence-electron chi connectivity index (χ1n) is 4.73. The molecule has 0 unspecified atom stereocenters. The largest absolute Gasteiger partial charge is 0.344 e. The van der Waals surface area contributed by atoms with Crippen LogP contribution in [-0.2, 0) is 11.3 Å². The summed E-state index contributed by atoms with van der Waals surface area (Å²) >= 11 is 0. The summed E-state index contributed by atoms with van der Waals surface area (Å²) < 4.78 is 1.15. The highest BCUT2D eigenvalue weighted by Crippen LogP contribution is 2.12. The molecule has 0 fully saturated rings. The van der Waals surface area contributed by atoms with Gasteiger partial charge in [0, 0.05) is 39.3 Å². The van der Waals surface area contributed by atoms with Crippen molar-refractivity contribution in [1.29, 1.82) is 0 Å². The Balaban J connectivity index is 3.02. The topological polar surface area (TPSA) is 93.2 Å². The van der Waals surface area contributed by atoms with Crippen LogP contribution in [-0.4, -0.2) is 40.7 Å². The van der Waals surface area contributed by atoms with Crippen molar-refractivity contribution in [3.63, 3.8) is 0 Å². The zero-order valence-corrected chi connectivity index (χ0v) is 9.52. The average Bonchev–Trinajstić information content (AvgIpc) is 2.58. The van der Waals surface area contributed by atoms with Crippen molar-refractivity contribution >= 4 is 17.8 Å². The summed E-state index contributed by atoms with van der Waals surface area (Å²) in [5, 5.41) is 6.47. The number of amides is 2. The summed E-state index contributed by atoms with van der Waals surface area (Å²) in [6.07, 6.45) is 1.51. The number of rotatable bonds is 2. The van der Waals surface area contributed by atoms with E-state index in [0.717, 1.165) is 4.68 Å². The number of nitrogens with one attached hydrogen (secondary N) is 1. The second kappa shape index (κ2) is 4.75. The molecule has 88 valence electrons. The standard InChI is InChI=1S/C9H15N5O2/c1-6(15)11-8-7(4-10)5-14(12-8)9(16)13(2)3/h5H,4,10H2,1-3H3,(H,11,12,15). The maximum atomic E-state index is 11.6. The van der Waals surface area contributed by atoms with Crippen molar-refractivity contribution < 1.29 is 9.59 Å². The molecule has 0 atom stereocenters. The van der Waals surface area contributed by atoms with Crippen molar-refractivity contribution in [2.45, 2.75) is 13.5 Å². The minimum atomic E-state index is -0.300. The van der Waals surface area contributed by atoms with Gasteiger partial charge < -0.3 is 16.0 Å². The second-order valence-electron chi connectivity index (χ2n) is 3.51. The molecule has 0 aromatic carbocycles. The monoisotopic (exact) mass is 225 g/mol. The lowest BCUT2D eigenvalue weighted by Crippen LogP contribution is -2.27. The van der Waals surface area contributed by atoms with Gasteiger partial charge in [0.05, 0.1) is 0 Å². The van der Waals surface area contributed by atoms with Gasteiger partial charge in [0.25, 0.3) is 0 Å². The quantitative estimate of drug-likeness (QED) is 0.730. The first kappa shape index (κ1) is 12.2. The Labute approximate surface area is 93.2 Å². The highest BCUT2D eigenvalue weighted by molar-refractivity contribution is 5.88. The maximum absolute atomic E-state index is 11.6. The van der Waals surface area contributed by atoms with E-state index < -0.39 is 0 Å². The number of nitrogens with zero attached hydrogens (tertiary/aromatic N) is 3. The molecule has 3 N–H and O–H groups in total. The zero-order valence-electron chi connectivity index (χ0n) is 9.52. The van der Waals surface area contributed by atoms with Gasteiger partial charge in [-0.2, -0.15) is 4.68 Å². The van der Waals surface area contributed by atoms with Crippen molar-refractivity contribution in [2.24, 2.45) is 5.73 Å². The fourth-order valence-corrected chi connectivity index (χ4v) is 1.13. The van der Waals surface area contributed by atoms with E-state index in [4.69, 9.17) is 5.73 Å². The van der Waals surface area contributed by atoms with Crippen LogP contribution in [0.2, 0.25) is 0 Å². The van der Waals surface area contributed by atoms with Crippen LogP contribution >= 0.6 is 0 Å². The third-order valence-corrected chi connectivity index (χ3v) is 1.88. The number of carbonyl (C=O) groups excluding carboxylic acids is 2. The Morgan fingerprint density at radius 3 is 2.62 bits per heavy atom. The number of hydrogen-bond donors (Lipinski definition) is 2. The molecule has 1 rings (SSSR count). The van der Waals surface area contributed by atoms with Gasteiger partial charge in [0.1, 0.15) is 0 Å². The van der Waals surface area contributed by atoms with Crippen LogP contribution in [0, 0.1) is 0 Å². The highest BCUT2D eigenvalue weighted by atomic mass is 16.2. The molecule has 7 nitrogen and oxygen atoms in total. The van der Waals surface area contributed by atoms with Crippen LogP contribution in [0.25, 0.3) is 0 Å². The predicted molar refractivity (Wildman–Crippen MR) is 58.9 cm³/mol. The molecular weight excluding hydrogens is 210 g/mol. The van der Waals surface area contributed by atoms with Crippen molar-refractivity contribution in [1.82, 2.24) is 14.7 Å². The van der Waals surface area contributed by atoms with Gasteiger partial charge in [-0.3, -0.25) is 4.79 Å². The molecule has 0 spiro atoms. The molecule has 0 bridgehead atoms. The maximum Gasteiger partial charge on any atom is 0.344 e. The lowest BCUT2D eigenvalue weighted by molar-refractivity contribution is -0.114. The van der Waals surface area contributed by atoms with Crippen LogP contribution in [0.1, 0.15) is 12.5 Å². The minimum Gasteiger partial charge on any atom is -0.329 e. The SMILES string of the molecule is CC(=O)Nc1nn(C(=O)N(C)C)cc1CN. The molecule has 1 heterocycles. The van der Waals surface area contributed by atoms with Crippen LogP contribution in [0.4, 0.5) is 10.6 Å². The summed E-state index contributed by atoms with van der Waals surface area (Å²) in [6, 6.07) is -0.300. The fraction of sp³-hybridized carbons (Fsp3) is 0.444. The molecule has 2 amide bonds. The number of carbonyl (C=O) groups is 2. The summed E-state index contributed by atoms with van der Waals surface area (Å²) in [4.78, 5) is 23.9. The molecule has 0 saturated heterocycles. The van der Waals surface area contributed by atoms with Crippen LogP contribution in [0.15, 0.2) is 6.20 Å². The van der Waals surface area contributed by atoms with Crippen LogP contribution < -0.4 is 11.1 Å². The lowest BCUT2D eigenvalue weighted by atomic mass is 10.3. The molecule has 7 heteroatoms. The summed E-state index contributed by atoms with van der Waals surface area (Å²) in [7, 11) is 3.23. The number of hydrogen-bond acceptors (Lipinski definition) is 4. The van der Waals surface area contributed by atoms with Crippen molar-refractivity contribution in [3.8, 4) is 0 Å². The Kier molecular flexibility index (Phi) is 3.62. The smallest absolute Gasteiger partial charge is 0.329 e. The van der Waals surface area contributed by atoms with Gasteiger partial charge in [-0.1, -0.05) is 0 Å². The molecular formula is C9H15N5O2. The molecule has 0 aliphatic rings. The molecule has 0 saturated carbocycles. The molecule has 0 aliphatic carbocycles. The second-order valence-corrected chi connectivity index (χ2v) is 3.51. The van der Waals surface area contributed by atoms with Crippen LogP contribution in [0.3, 0.4) is 0 Å². The van der Waals surface area contributed by atoms with Gasteiger partial charge in [-0.15, -0.1) is 5.10 Å². The van der Waals surface area contributed by atoms with E-state index in [-0.39, 0.29) is 18.5 Å². The number of aromatic nitrogens is 2. The van der Waals surface area contributed by atoms with E-state index in [1.807, 2.05) is 0 Å². The van der Waals surface area contributed by atoms with Gasteiger partial charge in [-0.25, -0.2) is 4.79 Å². The third kappa shape index (κ3) is 2.57. The number of nitrogens with two attached hydrogens (primary N) is 1. The highest BCUT2D eigenvalue weighted by Gasteiger charge is 2.14. The molecule has 1 aromatic rings. The van der Waals surface area contributed by atoms with E-state index in [1.165, 1.54) is 18.0 Å². The first-order chi connectivity index (χ1) is 7.45. The summed E-state index contributed by atoms with van der Waals surface area (Å²) in [5.41, 5.74) is 6.10. The average molecular weight is 225 g/mol. The van der Waals surface area contributed by atoms with Crippen LogP contribution in [0.5, 0.6) is 0 Å². The van der Waals surface area contributed by atoms with E-state index in [0.29, 0.717) is 11.4 Å². The van der Waals surface area contributed by atoms with Crippen molar-refractivity contribution in [3.05, 3.63) is 11.8 Å². The molecule has 0 aliphatic heterocycles.